The Balaban J connectivity index is 1.32. The summed E-state index contributed by atoms with van der Waals surface area (Å²) >= 11 is 0. The van der Waals surface area contributed by atoms with Crippen LogP contribution in [0.15, 0.2) is 60.9 Å². The molecule has 0 saturated heterocycles. The molecule has 2 bridgehead atoms. The zero-order chi connectivity index (χ0) is 26.2. The fourth-order valence-corrected chi connectivity index (χ4v) is 6.15. The van der Waals surface area contributed by atoms with Crippen molar-refractivity contribution in [3.05, 3.63) is 111 Å². The number of aromatic nitrogens is 3. The highest BCUT2D eigenvalue weighted by molar-refractivity contribution is 5.94. The molecule has 0 radical (unpaired) electrons. The Hall–Kier alpha value is -3.97. The lowest BCUT2D eigenvalue weighted by atomic mass is 9.70. The maximum absolute atomic E-state index is 13.3. The van der Waals surface area contributed by atoms with Crippen molar-refractivity contribution >= 4 is 11.7 Å². The smallest absolute Gasteiger partial charge is 0.251 e. The first-order valence-corrected chi connectivity index (χ1v) is 13.3. The molecule has 7 nitrogen and oxygen atoms in total. The summed E-state index contributed by atoms with van der Waals surface area (Å²) in [6, 6.07) is 16.9. The maximum Gasteiger partial charge on any atom is 0.251 e. The number of amides is 1. The van der Waals surface area contributed by atoms with Gasteiger partial charge in [0.15, 0.2) is 0 Å². The molecule has 0 fully saturated rings. The predicted octanol–water partition coefficient (Wildman–Crippen LogP) is 4.84. The van der Waals surface area contributed by atoms with E-state index in [1.165, 1.54) is 27.8 Å². The number of pyridine rings is 1. The molecule has 2 atom stereocenters. The number of rotatable bonds is 5. The molecule has 6 rings (SSSR count). The Labute approximate surface area is 223 Å². The third-order valence-corrected chi connectivity index (χ3v) is 8.01. The number of nitrogens with two attached hydrogens (primary N) is 1. The number of hydrogen-bond donors (Lipinski definition) is 2. The fourth-order valence-electron chi connectivity index (χ4n) is 6.15. The van der Waals surface area contributed by atoms with E-state index in [4.69, 9.17) is 10.5 Å². The van der Waals surface area contributed by atoms with Crippen LogP contribution in [0.25, 0.3) is 0 Å². The average molecular weight is 508 g/mol. The standard InChI is InChI=1S/C31H33N5O2/c1-19-14-30(32)35-20(2)29(19)17-33-31(37)22-5-7-24-25-8-12-38-13-9-26(28(24)16-22)27-15-21(4-6-23(25)27)18-36-11-3-10-34-36/h3-7,10-11,14-16,25-26H,8-9,12-13,17-18H2,1-2H3,(H2,32,35)(H,33,37). The number of anilines is 1. The molecule has 194 valence electrons. The maximum atomic E-state index is 13.3. The summed E-state index contributed by atoms with van der Waals surface area (Å²) in [6.45, 7) is 6.52. The van der Waals surface area contributed by atoms with Gasteiger partial charge in [0, 0.05) is 55.2 Å². The van der Waals surface area contributed by atoms with Gasteiger partial charge in [-0.1, -0.05) is 24.3 Å². The molecule has 1 amide bonds. The Morgan fingerprint density at radius 3 is 2.50 bits per heavy atom. The highest BCUT2D eigenvalue weighted by Crippen LogP contribution is 2.47. The summed E-state index contributed by atoms with van der Waals surface area (Å²) in [4.78, 5) is 17.7. The van der Waals surface area contributed by atoms with E-state index in [1.807, 2.05) is 49.1 Å². The number of carbonyl (C=O) groups is 1. The van der Waals surface area contributed by atoms with E-state index >= 15 is 0 Å². The normalized spacial score (nSPS) is 18.2. The predicted molar refractivity (Wildman–Crippen MR) is 147 cm³/mol. The molecule has 2 unspecified atom stereocenters. The molecule has 0 saturated carbocycles. The van der Waals surface area contributed by atoms with Crippen LogP contribution in [0.4, 0.5) is 5.82 Å². The first kappa shape index (κ1) is 24.4. The van der Waals surface area contributed by atoms with Gasteiger partial charge in [-0.15, -0.1) is 0 Å². The van der Waals surface area contributed by atoms with E-state index in [1.54, 1.807) is 0 Å². The third-order valence-electron chi connectivity index (χ3n) is 8.01. The zero-order valence-electron chi connectivity index (χ0n) is 21.9. The summed E-state index contributed by atoms with van der Waals surface area (Å²) < 4.78 is 7.95. The van der Waals surface area contributed by atoms with E-state index in [9.17, 15) is 4.79 Å². The highest BCUT2D eigenvalue weighted by atomic mass is 16.5. The van der Waals surface area contributed by atoms with Gasteiger partial charge in [0.05, 0.1) is 6.54 Å². The largest absolute Gasteiger partial charge is 0.384 e. The summed E-state index contributed by atoms with van der Waals surface area (Å²) in [5, 5.41) is 7.49. The van der Waals surface area contributed by atoms with Crippen LogP contribution in [0, 0.1) is 13.8 Å². The van der Waals surface area contributed by atoms with Crippen LogP contribution in [-0.2, 0) is 17.8 Å². The molecule has 3 N–H and O–H groups in total. The van der Waals surface area contributed by atoms with Crippen molar-refractivity contribution in [1.29, 1.82) is 0 Å². The number of nitrogen functional groups attached to an aromatic ring is 1. The lowest BCUT2D eigenvalue weighted by Crippen LogP contribution is -2.25. The monoisotopic (exact) mass is 507 g/mol. The van der Waals surface area contributed by atoms with E-state index in [0.717, 1.165) is 42.8 Å². The van der Waals surface area contributed by atoms with Crippen LogP contribution in [-0.4, -0.2) is 33.9 Å². The molecule has 1 aliphatic heterocycles. The van der Waals surface area contributed by atoms with Crippen molar-refractivity contribution in [2.24, 2.45) is 0 Å². The van der Waals surface area contributed by atoms with Crippen molar-refractivity contribution < 1.29 is 9.53 Å². The van der Waals surface area contributed by atoms with Gasteiger partial charge in [0.2, 0.25) is 0 Å². The lowest BCUT2D eigenvalue weighted by Gasteiger charge is -2.34. The Morgan fingerprint density at radius 2 is 1.76 bits per heavy atom. The Morgan fingerprint density at radius 1 is 1.03 bits per heavy atom. The van der Waals surface area contributed by atoms with Gasteiger partial charge in [0.1, 0.15) is 5.82 Å². The van der Waals surface area contributed by atoms with Crippen LogP contribution < -0.4 is 11.1 Å². The number of fused-ring (bicyclic) bond motifs is 3. The van der Waals surface area contributed by atoms with Crippen LogP contribution in [0.5, 0.6) is 0 Å². The fraction of sp³-hybridized carbons (Fsp3) is 0.323. The minimum absolute atomic E-state index is 0.0805. The van der Waals surface area contributed by atoms with Gasteiger partial charge in [-0.2, -0.15) is 5.10 Å². The van der Waals surface area contributed by atoms with E-state index in [0.29, 0.717) is 24.5 Å². The van der Waals surface area contributed by atoms with Crippen LogP contribution in [0.3, 0.4) is 0 Å². The van der Waals surface area contributed by atoms with Crippen LogP contribution >= 0.6 is 0 Å². The summed E-state index contributed by atoms with van der Waals surface area (Å²) in [5.41, 5.74) is 16.0. The van der Waals surface area contributed by atoms with Gasteiger partial charge < -0.3 is 15.8 Å². The lowest BCUT2D eigenvalue weighted by molar-refractivity contribution is 0.0950. The van der Waals surface area contributed by atoms with Gasteiger partial charge in [-0.25, -0.2) is 4.98 Å². The third kappa shape index (κ3) is 4.58. The number of nitrogens with zero attached hydrogens (tertiary/aromatic N) is 3. The van der Waals surface area contributed by atoms with E-state index < -0.39 is 0 Å². The van der Waals surface area contributed by atoms with Gasteiger partial charge in [0.25, 0.3) is 5.91 Å². The quantitative estimate of drug-likeness (QED) is 0.403. The molecule has 3 heterocycles. The van der Waals surface area contributed by atoms with Crippen molar-refractivity contribution in [2.75, 3.05) is 18.9 Å². The summed E-state index contributed by atoms with van der Waals surface area (Å²) in [6.07, 6.45) is 5.62. The molecular weight excluding hydrogens is 474 g/mol. The van der Waals surface area contributed by atoms with E-state index in [2.05, 4.69) is 45.7 Å². The zero-order valence-corrected chi connectivity index (χ0v) is 21.9. The second kappa shape index (κ2) is 10.1. The molecule has 1 aliphatic carbocycles. The second-order valence-electron chi connectivity index (χ2n) is 10.4. The molecule has 38 heavy (non-hydrogen) atoms. The molecule has 2 aromatic carbocycles. The Kier molecular flexibility index (Phi) is 6.45. The SMILES string of the molecule is Cc1cc(N)nc(C)c1CNC(=O)c1ccc2c(c1)C1CCOCCC2c2ccc(Cn3cccn3)cc21. The average Bonchev–Trinajstić information content (AvgIpc) is 3.45. The van der Waals surface area contributed by atoms with Gasteiger partial charge >= 0.3 is 0 Å². The molecule has 7 heteroatoms. The number of nitrogens with one attached hydrogen (secondary N) is 1. The number of benzene rings is 2. The summed E-state index contributed by atoms with van der Waals surface area (Å²) in [7, 11) is 0. The molecule has 4 aromatic rings. The number of ether oxygens (including phenoxy) is 1. The first-order valence-electron chi connectivity index (χ1n) is 13.3. The summed E-state index contributed by atoms with van der Waals surface area (Å²) in [5.74, 6) is 0.865. The Bertz CT molecular complexity index is 1470. The van der Waals surface area contributed by atoms with Crippen molar-refractivity contribution in [3.8, 4) is 0 Å². The number of hydrogen-bond acceptors (Lipinski definition) is 5. The molecular formula is C31H33N5O2. The van der Waals surface area contributed by atoms with Crippen molar-refractivity contribution in [3.63, 3.8) is 0 Å². The second-order valence-corrected chi connectivity index (χ2v) is 10.4. The molecule has 2 aliphatic rings. The molecule has 2 aromatic heterocycles. The highest BCUT2D eigenvalue weighted by Gasteiger charge is 2.34. The van der Waals surface area contributed by atoms with Gasteiger partial charge in [-0.05, 0) is 89.9 Å². The van der Waals surface area contributed by atoms with Crippen molar-refractivity contribution in [2.45, 2.75) is 51.6 Å². The van der Waals surface area contributed by atoms with Crippen molar-refractivity contribution in [1.82, 2.24) is 20.1 Å². The number of carbonyl (C=O) groups excluding carboxylic acids is 1. The van der Waals surface area contributed by atoms with Crippen LogP contribution in [0.1, 0.15) is 79.7 Å². The minimum atomic E-state index is -0.0805. The van der Waals surface area contributed by atoms with Crippen LogP contribution in [0.2, 0.25) is 0 Å². The topological polar surface area (TPSA) is 95.1 Å². The number of aryl methyl sites for hydroxylation is 2. The van der Waals surface area contributed by atoms with Gasteiger partial charge in [-0.3, -0.25) is 9.48 Å². The van der Waals surface area contributed by atoms with E-state index in [-0.39, 0.29) is 17.7 Å². The first-order chi connectivity index (χ1) is 18.5. The molecule has 0 spiro atoms. The minimum Gasteiger partial charge on any atom is -0.384 e.